The Morgan fingerprint density at radius 1 is 1.43 bits per heavy atom. The molecule has 0 aliphatic heterocycles. The summed E-state index contributed by atoms with van der Waals surface area (Å²) in [6.07, 6.45) is 3.85. The molecule has 1 amide bonds. The molecule has 0 fully saturated rings. The number of nitrogens with zero attached hydrogens (tertiary/aromatic N) is 4. The maximum absolute atomic E-state index is 12.1. The highest BCUT2D eigenvalue weighted by Crippen LogP contribution is 2.16. The highest BCUT2D eigenvalue weighted by molar-refractivity contribution is 5.76. The number of hydrogen-bond donors (Lipinski definition) is 0. The van der Waals surface area contributed by atoms with Crippen molar-refractivity contribution in [2.75, 3.05) is 13.6 Å². The van der Waals surface area contributed by atoms with Gasteiger partial charge in [-0.15, -0.1) is 0 Å². The molecule has 116 valence electrons. The lowest BCUT2D eigenvalue weighted by atomic mass is 10.1. The molecule has 1 aromatic rings. The van der Waals surface area contributed by atoms with Gasteiger partial charge in [-0.05, 0) is 32.3 Å². The molecule has 0 unspecified atom stereocenters. The maximum atomic E-state index is 12.1. The van der Waals surface area contributed by atoms with Gasteiger partial charge in [0.1, 0.15) is 0 Å². The van der Waals surface area contributed by atoms with Crippen LogP contribution in [0.4, 0.5) is 0 Å². The zero-order valence-corrected chi connectivity index (χ0v) is 13.6. The van der Waals surface area contributed by atoms with E-state index in [1.807, 2.05) is 30.5 Å². The Labute approximate surface area is 127 Å². The molecule has 1 rings (SSSR count). The third-order valence-corrected chi connectivity index (χ3v) is 3.83. The topological polar surface area (TPSA) is 61.9 Å². The second kappa shape index (κ2) is 8.46. The van der Waals surface area contributed by atoms with Crippen molar-refractivity contribution in [2.45, 2.75) is 59.4 Å². The molecule has 1 aromatic heterocycles. The van der Waals surface area contributed by atoms with E-state index in [9.17, 15) is 4.79 Å². The minimum Gasteiger partial charge on any atom is -0.346 e. The van der Waals surface area contributed by atoms with Gasteiger partial charge in [-0.1, -0.05) is 13.3 Å². The predicted octanol–water partition coefficient (Wildman–Crippen LogP) is 2.60. The van der Waals surface area contributed by atoms with E-state index >= 15 is 0 Å². The Morgan fingerprint density at radius 2 is 2.14 bits per heavy atom. The Bertz CT molecular complexity index is 513. The Morgan fingerprint density at radius 3 is 2.76 bits per heavy atom. The summed E-state index contributed by atoms with van der Waals surface area (Å²) in [4.78, 5) is 13.9. The van der Waals surface area contributed by atoms with Crippen molar-refractivity contribution in [2.24, 2.45) is 0 Å². The molecule has 0 spiro atoms. The fourth-order valence-corrected chi connectivity index (χ4v) is 2.41. The van der Waals surface area contributed by atoms with Crippen LogP contribution in [-0.2, 0) is 17.8 Å². The summed E-state index contributed by atoms with van der Waals surface area (Å²) >= 11 is 0. The highest BCUT2D eigenvalue weighted by Gasteiger charge is 2.14. The van der Waals surface area contributed by atoms with Crippen molar-refractivity contribution in [1.29, 1.82) is 5.26 Å². The van der Waals surface area contributed by atoms with E-state index in [0.29, 0.717) is 19.4 Å². The molecule has 0 atom stereocenters. The average Bonchev–Trinajstić information content (AvgIpc) is 2.74. The van der Waals surface area contributed by atoms with Crippen LogP contribution in [0.2, 0.25) is 0 Å². The van der Waals surface area contributed by atoms with Crippen molar-refractivity contribution in [1.82, 2.24) is 14.7 Å². The molecule has 0 aliphatic rings. The van der Waals surface area contributed by atoms with Crippen LogP contribution in [-0.4, -0.2) is 34.2 Å². The Balaban J connectivity index is 2.61. The molecular formula is C16H26N4O. The van der Waals surface area contributed by atoms with Gasteiger partial charge < -0.3 is 4.90 Å². The first-order chi connectivity index (χ1) is 10.0. The lowest BCUT2D eigenvalue weighted by molar-refractivity contribution is -0.129. The largest absolute Gasteiger partial charge is 0.346 e. The standard InChI is InChI=1S/C16H26N4O/c1-5-6-11-19(4)16(21)9-8-15-13(2)18-20(14(15)3)12-7-10-17/h5-9,11-12H2,1-4H3. The van der Waals surface area contributed by atoms with Crippen LogP contribution in [0.5, 0.6) is 0 Å². The first-order valence-corrected chi connectivity index (χ1v) is 7.65. The molecule has 0 radical (unpaired) electrons. The van der Waals surface area contributed by atoms with Crippen molar-refractivity contribution in [3.05, 3.63) is 17.0 Å². The Kier molecular flexibility index (Phi) is 6.93. The van der Waals surface area contributed by atoms with E-state index in [1.165, 1.54) is 0 Å². The van der Waals surface area contributed by atoms with Gasteiger partial charge in [0.2, 0.25) is 5.91 Å². The van der Waals surface area contributed by atoms with Crippen LogP contribution in [0.15, 0.2) is 0 Å². The predicted molar refractivity (Wildman–Crippen MR) is 82.8 cm³/mol. The van der Waals surface area contributed by atoms with Crippen LogP contribution in [0.25, 0.3) is 0 Å². The molecule has 21 heavy (non-hydrogen) atoms. The minimum atomic E-state index is 0.187. The van der Waals surface area contributed by atoms with Gasteiger partial charge >= 0.3 is 0 Å². The molecule has 0 N–H and O–H groups in total. The molecule has 0 aliphatic carbocycles. The van der Waals surface area contributed by atoms with Crippen LogP contribution in [0.1, 0.15) is 49.6 Å². The van der Waals surface area contributed by atoms with Crippen LogP contribution >= 0.6 is 0 Å². The first kappa shape index (κ1) is 17.2. The molecule has 0 saturated heterocycles. The van der Waals surface area contributed by atoms with Gasteiger partial charge in [0, 0.05) is 25.7 Å². The summed E-state index contributed by atoms with van der Waals surface area (Å²) < 4.78 is 1.87. The number of hydrogen-bond acceptors (Lipinski definition) is 3. The van der Waals surface area contributed by atoms with Gasteiger partial charge in [-0.25, -0.2) is 0 Å². The summed E-state index contributed by atoms with van der Waals surface area (Å²) in [5.74, 6) is 0.187. The monoisotopic (exact) mass is 290 g/mol. The SMILES string of the molecule is CCCCN(C)C(=O)CCc1c(C)nn(CCC#N)c1C. The lowest BCUT2D eigenvalue weighted by Gasteiger charge is -2.16. The van der Waals surface area contributed by atoms with E-state index in [0.717, 1.165) is 42.8 Å². The van der Waals surface area contributed by atoms with Gasteiger partial charge in [-0.2, -0.15) is 10.4 Å². The molecule has 5 heteroatoms. The summed E-state index contributed by atoms with van der Waals surface area (Å²) in [6, 6.07) is 2.14. The van der Waals surface area contributed by atoms with E-state index in [4.69, 9.17) is 5.26 Å². The first-order valence-electron chi connectivity index (χ1n) is 7.65. The number of aryl methyl sites for hydroxylation is 2. The second-order valence-corrected chi connectivity index (χ2v) is 5.45. The smallest absolute Gasteiger partial charge is 0.222 e. The number of nitriles is 1. The quantitative estimate of drug-likeness (QED) is 0.739. The molecule has 0 aromatic carbocycles. The molecule has 1 heterocycles. The fourth-order valence-electron chi connectivity index (χ4n) is 2.41. The number of amides is 1. The molecule has 0 bridgehead atoms. The normalized spacial score (nSPS) is 10.4. The van der Waals surface area contributed by atoms with E-state index < -0.39 is 0 Å². The lowest BCUT2D eigenvalue weighted by Crippen LogP contribution is -2.27. The second-order valence-electron chi connectivity index (χ2n) is 5.45. The van der Waals surface area contributed by atoms with Crippen molar-refractivity contribution in [3.8, 4) is 6.07 Å². The number of aromatic nitrogens is 2. The molecule has 5 nitrogen and oxygen atoms in total. The summed E-state index contributed by atoms with van der Waals surface area (Å²) in [5, 5.41) is 13.1. The van der Waals surface area contributed by atoms with Crippen molar-refractivity contribution in [3.63, 3.8) is 0 Å². The van der Waals surface area contributed by atoms with Gasteiger partial charge in [0.15, 0.2) is 0 Å². The van der Waals surface area contributed by atoms with Gasteiger partial charge in [0.25, 0.3) is 0 Å². The van der Waals surface area contributed by atoms with E-state index in [1.54, 1.807) is 0 Å². The van der Waals surface area contributed by atoms with Crippen LogP contribution in [0, 0.1) is 25.2 Å². The zero-order chi connectivity index (χ0) is 15.8. The third kappa shape index (κ3) is 4.89. The third-order valence-electron chi connectivity index (χ3n) is 3.83. The van der Waals surface area contributed by atoms with E-state index in [-0.39, 0.29) is 5.91 Å². The van der Waals surface area contributed by atoms with Gasteiger partial charge in [0.05, 0.1) is 24.7 Å². The minimum absolute atomic E-state index is 0.187. The molecule has 0 saturated carbocycles. The zero-order valence-electron chi connectivity index (χ0n) is 13.6. The fraction of sp³-hybridized carbons (Fsp3) is 0.688. The van der Waals surface area contributed by atoms with Crippen molar-refractivity contribution < 1.29 is 4.79 Å². The number of carbonyl (C=O) groups is 1. The summed E-state index contributed by atoms with van der Waals surface area (Å²) in [5.41, 5.74) is 3.19. The maximum Gasteiger partial charge on any atom is 0.222 e. The van der Waals surface area contributed by atoms with Gasteiger partial charge in [-0.3, -0.25) is 9.48 Å². The number of rotatable bonds is 8. The van der Waals surface area contributed by atoms with Crippen molar-refractivity contribution >= 4 is 5.91 Å². The average molecular weight is 290 g/mol. The molecular weight excluding hydrogens is 264 g/mol. The summed E-state index contributed by atoms with van der Waals surface area (Å²) in [6.45, 7) is 7.55. The van der Waals surface area contributed by atoms with Crippen LogP contribution in [0.3, 0.4) is 0 Å². The Hall–Kier alpha value is -1.83. The highest BCUT2D eigenvalue weighted by atomic mass is 16.2. The number of carbonyl (C=O) groups excluding carboxylic acids is 1. The number of unbranched alkanes of at least 4 members (excludes halogenated alkanes) is 1. The van der Waals surface area contributed by atoms with E-state index in [2.05, 4.69) is 18.1 Å². The van der Waals surface area contributed by atoms with Crippen LogP contribution < -0.4 is 0 Å². The summed E-state index contributed by atoms with van der Waals surface area (Å²) in [7, 11) is 1.87.